The van der Waals surface area contributed by atoms with E-state index in [1.807, 2.05) is 6.92 Å². The first kappa shape index (κ1) is 18.1. The van der Waals surface area contributed by atoms with Gasteiger partial charge in [0.15, 0.2) is 0 Å². The highest BCUT2D eigenvalue weighted by Crippen LogP contribution is 2.23. The molecule has 138 valence electrons. The van der Waals surface area contributed by atoms with Crippen molar-refractivity contribution in [3.05, 3.63) is 56.8 Å². The van der Waals surface area contributed by atoms with Gasteiger partial charge in [0.25, 0.3) is 5.56 Å². The number of urea groups is 1. The smallest absolute Gasteiger partial charge is 0.319 e. The van der Waals surface area contributed by atoms with Gasteiger partial charge in [0, 0.05) is 18.5 Å². The van der Waals surface area contributed by atoms with E-state index in [-0.39, 0.29) is 11.2 Å². The molecule has 0 fully saturated rings. The molecule has 0 atom stereocenters. The van der Waals surface area contributed by atoms with Crippen LogP contribution in [0.2, 0.25) is 0 Å². The van der Waals surface area contributed by atoms with Crippen LogP contribution in [0.5, 0.6) is 0 Å². The summed E-state index contributed by atoms with van der Waals surface area (Å²) in [5, 5.41) is 12.0. The van der Waals surface area contributed by atoms with Crippen LogP contribution in [0.3, 0.4) is 0 Å². The summed E-state index contributed by atoms with van der Waals surface area (Å²) in [5.74, 6) is -0.489. The Kier molecular flexibility index (Phi) is 5.65. The molecule has 0 saturated carbocycles. The Morgan fingerprint density at radius 3 is 2.81 bits per heavy atom. The fourth-order valence-corrected chi connectivity index (χ4v) is 3.25. The van der Waals surface area contributed by atoms with Crippen LogP contribution in [-0.4, -0.2) is 22.8 Å². The van der Waals surface area contributed by atoms with Crippen molar-refractivity contribution in [3.8, 4) is 0 Å². The molecule has 0 bridgehead atoms. The number of H-pyrrole nitrogens is 1. The summed E-state index contributed by atoms with van der Waals surface area (Å²) in [4.78, 5) is 23.7. The van der Waals surface area contributed by atoms with Crippen molar-refractivity contribution in [3.63, 3.8) is 0 Å². The van der Waals surface area contributed by atoms with Gasteiger partial charge in [-0.2, -0.15) is 5.10 Å². The topological polar surface area (TPSA) is 86.9 Å². The van der Waals surface area contributed by atoms with Gasteiger partial charge in [-0.25, -0.2) is 14.3 Å². The number of nitrogens with one attached hydrogen (secondary N) is 3. The van der Waals surface area contributed by atoms with Crippen LogP contribution in [-0.2, 0) is 19.3 Å². The quantitative estimate of drug-likeness (QED) is 0.768. The van der Waals surface area contributed by atoms with E-state index in [0.717, 1.165) is 54.5 Å². The molecule has 3 N–H and O–H groups in total. The number of hydrogen-bond donors (Lipinski definition) is 3. The van der Waals surface area contributed by atoms with E-state index in [9.17, 15) is 14.0 Å². The van der Waals surface area contributed by atoms with Crippen molar-refractivity contribution in [1.82, 2.24) is 15.5 Å². The van der Waals surface area contributed by atoms with Crippen molar-refractivity contribution in [2.75, 3.05) is 11.9 Å². The van der Waals surface area contributed by atoms with Gasteiger partial charge in [0.1, 0.15) is 5.82 Å². The Labute approximate surface area is 151 Å². The minimum atomic E-state index is -0.489. The molecular weight excluding hydrogens is 335 g/mol. The second-order valence-electron chi connectivity index (χ2n) is 6.54. The van der Waals surface area contributed by atoms with E-state index in [0.29, 0.717) is 13.0 Å². The summed E-state index contributed by atoms with van der Waals surface area (Å²) in [6.07, 6.45) is 4.95. The number of anilines is 1. The van der Waals surface area contributed by atoms with E-state index in [4.69, 9.17) is 0 Å². The van der Waals surface area contributed by atoms with Crippen LogP contribution in [0.15, 0.2) is 23.0 Å². The summed E-state index contributed by atoms with van der Waals surface area (Å²) in [6.45, 7) is 2.47. The summed E-state index contributed by atoms with van der Waals surface area (Å²) in [7, 11) is 0. The van der Waals surface area contributed by atoms with E-state index in [1.54, 1.807) is 12.1 Å². The van der Waals surface area contributed by atoms with Crippen LogP contribution < -0.4 is 16.2 Å². The molecule has 2 amide bonds. The third-order valence-corrected chi connectivity index (χ3v) is 4.57. The number of fused-ring (bicyclic) bond motifs is 1. The number of rotatable bonds is 5. The Bertz CT molecular complexity index is 863. The monoisotopic (exact) mass is 358 g/mol. The van der Waals surface area contributed by atoms with Crippen molar-refractivity contribution in [1.29, 1.82) is 0 Å². The maximum Gasteiger partial charge on any atom is 0.319 e. The second kappa shape index (κ2) is 8.12. The van der Waals surface area contributed by atoms with Gasteiger partial charge >= 0.3 is 6.03 Å². The predicted octanol–water partition coefficient (Wildman–Crippen LogP) is 2.91. The summed E-state index contributed by atoms with van der Waals surface area (Å²) in [5.41, 5.74) is 3.49. The number of benzene rings is 1. The Morgan fingerprint density at radius 2 is 2.04 bits per heavy atom. The van der Waals surface area contributed by atoms with Crippen molar-refractivity contribution >= 4 is 11.7 Å². The summed E-state index contributed by atoms with van der Waals surface area (Å²) < 4.78 is 14.0. The first-order valence-electron chi connectivity index (χ1n) is 9.01. The summed E-state index contributed by atoms with van der Waals surface area (Å²) in [6, 6.07) is 4.19. The molecule has 1 aromatic heterocycles. The standard InChI is InChI=1S/C19H23FN4O2/c1-2-9-21-19(26)22-17-11-12(7-8-15(17)20)10-16-13-5-3-4-6-14(13)18(25)24-23-16/h7-8,11H,2-6,9-10H2,1H3,(H,24,25)(H2,21,22,26). The molecule has 0 unspecified atom stereocenters. The van der Waals surface area contributed by atoms with E-state index < -0.39 is 11.8 Å². The number of hydrogen-bond acceptors (Lipinski definition) is 3. The number of carbonyl (C=O) groups excluding carboxylic acids is 1. The fraction of sp³-hybridized carbons (Fsp3) is 0.421. The third-order valence-electron chi connectivity index (χ3n) is 4.57. The van der Waals surface area contributed by atoms with Gasteiger partial charge in [0.05, 0.1) is 11.4 Å². The highest BCUT2D eigenvalue weighted by Gasteiger charge is 2.18. The molecule has 0 aliphatic heterocycles. The lowest BCUT2D eigenvalue weighted by Gasteiger charge is -2.17. The highest BCUT2D eigenvalue weighted by molar-refractivity contribution is 5.89. The molecule has 1 aliphatic rings. The van der Waals surface area contributed by atoms with Crippen molar-refractivity contribution in [2.45, 2.75) is 45.4 Å². The molecule has 0 saturated heterocycles. The Hall–Kier alpha value is -2.70. The van der Waals surface area contributed by atoms with Crippen LogP contribution in [0.4, 0.5) is 14.9 Å². The molecule has 3 rings (SSSR count). The average Bonchev–Trinajstić information content (AvgIpc) is 2.65. The lowest BCUT2D eigenvalue weighted by molar-refractivity contribution is 0.252. The van der Waals surface area contributed by atoms with Gasteiger partial charge in [-0.3, -0.25) is 4.79 Å². The minimum absolute atomic E-state index is 0.113. The van der Waals surface area contributed by atoms with E-state index in [2.05, 4.69) is 20.8 Å². The Morgan fingerprint density at radius 1 is 1.27 bits per heavy atom. The zero-order valence-corrected chi connectivity index (χ0v) is 14.8. The number of aromatic nitrogens is 2. The second-order valence-corrected chi connectivity index (χ2v) is 6.54. The van der Waals surface area contributed by atoms with Gasteiger partial charge in [-0.05, 0) is 55.4 Å². The zero-order valence-electron chi connectivity index (χ0n) is 14.8. The van der Waals surface area contributed by atoms with Crippen LogP contribution in [0.1, 0.15) is 48.6 Å². The molecule has 26 heavy (non-hydrogen) atoms. The predicted molar refractivity (Wildman–Crippen MR) is 98.0 cm³/mol. The molecule has 0 spiro atoms. The van der Waals surface area contributed by atoms with Gasteiger partial charge < -0.3 is 10.6 Å². The number of nitrogens with zero attached hydrogens (tertiary/aromatic N) is 1. The average molecular weight is 358 g/mol. The SMILES string of the molecule is CCCNC(=O)Nc1cc(Cc2n[nH]c(=O)c3c2CCCC3)ccc1F. The Balaban J connectivity index is 1.82. The molecule has 2 aromatic rings. The molecule has 0 radical (unpaired) electrons. The number of amides is 2. The third kappa shape index (κ3) is 4.09. The lowest BCUT2D eigenvalue weighted by Crippen LogP contribution is -2.29. The molecular formula is C19H23FN4O2. The number of carbonyl (C=O) groups is 1. The molecule has 7 heteroatoms. The van der Waals surface area contributed by atoms with Crippen molar-refractivity contribution in [2.24, 2.45) is 0 Å². The van der Waals surface area contributed by atoms with E-state index in [1.165, 1.54) is 6.07 Å². The van der Waals surface area contributed by atoms with Crippen LogP contribution in [0.25, 0.3) is 0 Å². The van der Waals surface area contributed by atoms with E-state index >= 15 is 0 Å². The van der Waals surface area contributed by atoms with Gasteiger partial charge in [0.2, 0.25) is 0 Å². The van der Waals surface area contributed by atoms with Crippen molar-refractivity contribution < 1.29 is 9.18 Å². The molecule has 1 heterocycles. The first-order valence-corrected chi connectivity index (χ1v) is 9.01. The van der Waals surface area contributed by atoms with Gasteiger partial charge in [-0.1, -0.05) is 13.0 Å². The minimum Gasteiger partial charge on any atom is -0.338 e. The molecule has 1 aliphatic carbocycles. The maximum atomic E-state index is 14.0. The zero-order chi connectivity index (χ0) is 18.5. The normalized spacial score (nSPS) is 13.2. The van der Waals surface area contributed by atoms with Crippen LogP contribution in [0, 0.1) is 5.82 Å². The molecule has 6 nitrogen and oxygen atoms in total. The lowest BCUT2D eigenvalue weighted by atomic mass is 9.90. The largest absolute Gasteiger partial charge is 0.338 e. The summed E-state index contributed by atoms with van der Waals surface area (Å²) >= 11 is 0. The van der Waals surface area contributed by atoms with Crippen LogP contribution >= 0.6 is 0 Å². The number of aromatic amines is 1. The molecule has 1 aromatic carbocycles. The maximum absolute atomic E-state index is 14.0. The fourth-order valence-electron chi connectivity index (χ4n) is 3.25. The van der Waals surface area contributed by atoms with Gasteiger partial charge in [-0.15, -0.1) is 0 Å². The highest BCUT2D eigenvalue weighted by atomic mass is 19.1. The first-order chi connectivity index (χ1) is 12.6. The number of halogens is 1.